The van der Waals surface area contributed by atoms with Crippen molar-refractivity contribution in [2.75, 3.05) is 0 Å². The second-order valence-corrected chi connectivity index (χ2v) is 7.97. The smallest absolute Gasteiger partial charge is 0.196 e. The van der Waals surface area contributed by atoms with Crippen molar-refractivity contribution in [2.45, 2.75) is 52.6 Å². The van der Waals surface area contributed by atoms with Gasteiger partial charge in [-0.25, -0.2) is 0 Å². The maximum atomic E-state index is 13.1. The van der Waals surface area contributed by atoms with Gasteiger partial charge in [0, 0.05) is 38.3 Å². The minimum absolute atomic E-state index is 0. The summed E-state index contributed by atoms with van der Waals surface area (Å²) in [5.41, 5.74) is 4.99. The fraction of sp³-hybridized carbons (Fsp3) is 0.276. The second kappa shape index (κ2) is 15.5. The van der Waals surface area contributed by atoms with Crippen LogP contribution in [-0.4, -0.2) is 23.0 Å². The first-order valence-electron chi connectivity index (χ1n) is 11.2. The third kappa shape index (κ3) is 10.2. The normalized spacial score (nSPS) is 10.8. The summed E-state index contributed by atoms with van der Waals surface area (Å²) in [7, 11) is 0. The Hall–Kier alpha value is -2.43. The van der Waals surface area contributed by atoms with E-state index in [1.54, 1.807) is 0 Å². The summed E-state index contributed by atoms with van der Waals surface area (Å²) >= 11 is 0. The van der Waals surface area contributed by atoms with E-state index in [0.29, 0.717) is 16.9 Å². The number of aliphatic carboxylic acids is 1. The van der Waals surface area contributed by atoms with Crippen LogP contribution in [-0.2, 0) is 50.3 Å². The van der Waals surface area contributed by atoms with Gasteiger partial charge < -0.3 is 9.84 Å². The molecule has 0 aromatic heterocycles. The Morgan fingerprint density at radius 2 is 1.74 bits per heavy atom. The predicted octanol–water partition coefficient (Wildman–Crippen LogP) is 6.28. The second-order valence-electron chi connectivity index (χ2n) is 7.97. The first kappa shape index (κ1) is 29.6. The fourth-order valence-electron chi connectivity index (χ4n) is 3.50. The monoisotopic (exact) mass is 533 g/mol. The molecule has 177 valence electrons. The predicted molar refractivity (Wildman–Crippen MR) is 132 cm³/mol. The molecule has 0 amide bonds. The van der Waals surface area contributed by atoms with Crippen LogP contribution in [0.4, 0.5) is 0 Å². The van der Waals surface area contributed by atoms with Crippen LogP contribution in [0, 0.1) is 19.9 Å². The summed E-state index contributed by atoms with van der Waals surface area (Å²) in [6.45, 7) is 8.80. The largest absolute Gasteiger partial charge is 0.503 e. The van der Waals surface area contributed by atoms with E-state index in [-0.39, 0.29) is 44.6 Å². The molecule has 0 aliphatic rings. The van der Waals surface area contributed by atoms with E-state index in [1.807, 2.05) is 54.6 Å². The molecule has 1 atom stereocenters. The number of carboxylic acids is 1. The Labute approximate surface area is 228 Å². The molecule has 0 aliphatic heterocycles. The molecule has 0 saturated heterocycles. The van der Waals surface area contributed by atoms with Gasteiger partial charge in [0.25, 0.3) is 0 Å². The SMILES string of the molecule is CCc1ccc(OC(C)CCCc2cc[c-]c(C)c2)c(C(=O)c2ccccc2)c1.[CH2-]C(=O)O.[Y]. The van der Waals surface area contributed by atoms with Gasteiger partial charge in [-0.1, -0.05) is 56.7 Å². The van der Waals surface area contributed by atoms with Gasteiger partial charge in [0.05, 0.1) is 11.7 Å². The molecule has 3 rings (SSSR count). The number of carbonyl (C=O) groups excluding carboxylic acids is 1. The van der Waals surface area contributed by atoms with Gasteiger partial charge in [-0.3, -0.25) is 16.5 Å². The molecule has 0 spiro atoms. The van der Waals surface area contributed by atoms with Gasteiger partial charge in [-0.05, 0) is 43.9 Å². The van der Waals surface area contributed by atoms with Gasteiger partial charge >= 0.3 is 0 Å². The standard InChI is InChI=1S/C27H29O2.C2H3O2.Y/c1-4-22-16-17-26(25(19-22)27(28)24-14-6-5-7-15-24)29-21(3)11-9-13-23-12-8-10-20(2)18-23;1-2(3)4;/h5-8,12,14-19,21H,4,9,11,13H2,1-3H3;1H2,(H,3,4);/q2*-1;. The van der Waals surface area contributed by atoms with Crippen LogP contribution in [0.2, 0.25) is 0 Å². The third-order valence-corrected chi connectivity index (χ3v) is 5.15. The van der Waals surface area contributed by atoms with Gasteiger partial charge in [0.2, 0.25) is 0 Å². The van der Waals surface area contributed by atoms with Crippen LogP contribution in [0.15, 0.2) is 66.7 Å². The Kier molecular flexibility index (Phi) is 13.5. The van der Waals surface area contributed by atoms with E-state index in [9.17, 15) is 4.79 Å². The topological polar surface area (TPSA) is 63.6 Å². The number of carbonyl (C=O) groups is 2. The van der Waals surface area contributed by atoms with Crippen LogP contribution in [0.5, 0.6) is 5.75 Å². The average Bonchev–Trinajstić information content (AvgIpc) is 2.79. The van der Waals surface area contributed by atoms with E-state index >= 15 is 0 Å². The summed E-state index contributed by atoms with van der Waals surface area (Å²) in [6, 6.07) is 24.9. The Morgan fingerprint density at radius 1 is 1.06 bits per heavy atom. The Bertz CT molecular complexity index is 1040. The van der Waals surface area contributed by atoms with Gasteiger partial charge in [0.15, 0.2) is 11.8 Å². The molecule has 5 heteroatoms. The van der Waals surface area contributed by atoms with Crippen molar-refractivity contribution in [1.82, 2.24) is 0 Å². The number of benzene rings is 3. The number of carboxylic acid groups (broad SMARTS) is 1. The molecular formula is C29H32O4Y-2. The number of rotatable bonds is 9. The molecule has 0 bridgehead atoms. The molecule has 3 aromatic carbocycles. The molecule has 0 fully saturated rings. The molecule has 0 saturated carbocycles. The summed E-state index contributed by atoms with van der Waals surface area (Å²) in [6.07, 6.45) is 3.93. The van der Waals surface area contributed by atoms with Gasteiger partial charge in [0.1, 0.15) is 5.75 Å². The van der Waals surface area contributed by atoms with Crippen LogP contribution in [0.1, 0.15) is 59.3 Å². The summed E-state index contributed by atoms with van der Waals surface area (Å²) in [5.74, 6) is -0.396. The quantitative estimate of drug-likeness (QED) is 0.260. The van der Waals surface area contributed by atoms with E-state index in [4.69, 9.17) is 14.6 Å². The number of ether oxygens (including phenoxy) is 1. The zero-order chi connectivity index (χ0) is 24.2. The molecule has 4 nitrogen and oxygen atoms in total. The first-order chi connectivity index (χ1) is 15.8. The van der Waals surface area contributed by atoms with Gasteiger partial charge in [-0.2, -0.15) is 35.4 Å². The summed E-state index contributed by atoms with van der Waals surface area (Å²) in [5, 5.41) is 7.31. The van der Waals surface area contributed by atoms with Crippen molar-refractivity contribution in [3.8, 4) is 5.75 Å². The van der Waals surface area contributed by atoms with Crippen LogP contribution < -0.4 is 4.74 Å². The Balaban J connectivity index is 0.00000107. The fourth-order valence-corrected chi connectivity index (χ4v) is 3.50. The number of ketones is 1. The van der Waals surface area contributed by atoms with Gasteiger partial charge in [-0.15, -0.1) is 0 Å². The number of aryl methyl sites for hydroxylation is 3. The summed E-state index contributed by atoms with van der Waals surface area (Å²) in [4.78, 5) is 22.0. The Morgan fingerprint density at radius 3 is 2.35 bits per heavy atom. The number of hydrogen-bond acceptors (Lipinski definition) is 3. The van der Waals surface area contributed by atoms with E-state index in [2.05, 4.69) is 45.9 Å². The minimum Gasteiger partial charge on any atom is -0.503 e. The minimum atomic E-state index is -1.08. The molecule has 34 heavy (non-hydrogen) atoms. The number of hydrogen-bond donors (Lipinski definition) is 1. The van der Waals surface area contributed by atoms with E-state index in [0.717, 1.165) is 31.2 Å². The van der Waals surface area contributed by atoms with Crippen molar-refractivity contribution in [3.05, 3.63) is 108 Å². The molecule has 0 heterocycles. The first-order valence-corrected chi connectivity index (χ1v) is 11.2. The van der Waals surface area contributed by atoms with Crippen molar-refractivity contribution >= 4 is 11.8 Å². The van der Waals surface area contributed by atoms with Crippen molar-refractivity contribution in [2.24, 2.45) is 0 Å². The maximum Gasteiger partial charge on any atom is 0.196 e. The van der Waals surface area contributed by atoms with Crippen LogP contribution in [0.25, 0.3) is 0 Å². The van der Waals surface area contributed by atoms with Crippen molar-refractivity contribution < 1.29 is 52.1 Å². The molecule has 1 N–H and O–H groups in total. The molecule has 0 aliphatic carbocycles. The van der Waals surface area contributed by atoms with E-state index in [1.165, 1.54) is 11.1 Å². The zero-order valence-corrected chi connectivity index (χ0v) is 23.1. The maximum absolute atomic E-state index is 13.1. The third-order valence-electron chi connectivity index (χ3n) is 5.15. The van der Waals surface area contributed by atoms with Crippen LogP contribution >= 0.6 is 0 Å². The summed E-state index contributed by atoms with van der Waals surface area (Å²) < 4.78 is 6.22. The van der Waals surface area contributed by atoms with Crippen LogP contribution in [0.3, 0.4) is 0 Å². The molecular weight excluding hydrogens is 501 g/mol. The van der Waals surface area contributed by atoms with E-state index < -0.39 is 5.97 Å². The average molecular weight is 533 g/mol. The molecule has 1 radical (unpaired) electrons. The molecule has 3 aromatic rings. The zero-order valence-electron chi connectivity index (χ0n) is 20.2. The van der Waals surface area contributed by atoms with Crippen molar-refractivity contribution in [1.29, 1.82) is 0 Å². The van der Waals surface area contributed by atoms with Crippen molar-refractivity contribution in [3.63, 3.8) is 0 Å². The molecule has 1 unspecified atom stereocenters.